The normalized spacial score (nSPS) is 11.3. The van der Waals surface area contributed by atoms with Crippen LogP contribution in [0.4, 0.5) is 10.1 Å². The third-order valence-corrected chi connectivity index (χ3v) is 5.53. The summed E-state index contributed by atoms with van der Waals surface area (Å²) in [6.07, 6.45) is 1.39. The molecule has 0 radical (unpaired) electrons. The molecule has 0 spiro atoms. The Morgan fingerprint density at radius 3 is 2.45 bits per heavy atom. The number of hydrogen-bond acceptors (Lipinski definition) is 7. The van der Waals surface area contributed by atoms with Crippen LogP contribution in [-0.4, -0.2) is 24.5 Å². The molecule has 31 heavy (non-hydrogen) atoms. The summed E-state index contributed by atoms with van der Waals surface area (Å²) in [4.78, 5) is 16.0. The number of halogens is 1. The third-order valence-electron chi connectivity index (χ3n) is 4.13. The van der Waals surface area contributed by atoms with E-state index in [2.05, 4.69) is 20.2 Å². The fourth-order valence-corrected chi connectivity index (χ4v) is 3.67. The molecule has 0 saturated heterocycles. The van der Waals surface area contributed by atoms with Gasteiger partial charge < -0.3 is 14.3 Å². The number of carbonyl (C=O) groups is 1. The van der Waals surface area contributed by atoms with Crippen molar-refractivity contribution < 1.29 is 26.5 Å². The highest BCUT2D eigenvalue weighted by molar-refractivity contribution is 7.92. The highest BCUT2D eigenvalue weighted by Crippen LogP contribution is 2.21. The predicted octanol–water partition coefficient (Wildman–Crippen LogP) is 3.20. The lowest BCUT2D eigenvalue weighted by atomic mass is 10.2. The van der Waals surface area contributed by atoms with E-state index in [1.54, 1.807) is 18.2 Å². The van der Waals surface area contributed by atoms with Crippen molar-refractivity contribution in [3.05, 3.63) is 84.4 Å². The summed E-state index contributed by atoms with van der Waals surface area (Å²) in [6.45, 7) is 0.0160. The zero-order chi connectivity index (χ0) is 21.8. The smallest absolute Gasteiger partial charge is 0.287 e. The van der Waals surface area contributed by atoms with E-state index in [-0.39, 0.29) is 28.9 Å². The van der Waals surface area contributed by atoms with Gasteiger partial charge in [-0.25, -0.2) is 12.8 Å². The van der Waals surface area contributed by atoms with Crippen LogP contribution in [0.5, 0.6) is 0 Å². The van der Waals surface area contributed by atoms with Gasteiger partial charge in [0.25, 0.3) is 15.9 Å². The van der Waals surface area contributed by atoms with Crippen molar-refractivity contribution in [3.63, 3.8) is 0 Å². The number of sulfonamides is 1. The highest BCUT2D eigenvalue weighted by Gasteiger charge is 2.15. The molecular weight excluding hydrogens is 427 g/mol. The van der Waals surface area contributed by atoms with Gasteiger partial charge in [0.1, 0.15) is 5.82 Å². The minimum Gasteiger partial charge on any atom is -0.459 e. The van der Waals surface area contributed by atoms with Crippen LogP contribution >= 0.6 is 0 Å². The van der Waals surface area contributed by atoms with Crippen molar-refractivity contribution in [2.24, 2.45) is 0 Å². The Morgan fingerprint density at radius 2 is 1.77 bits per heavy atom. The summed E-state index contributed by atoms with van der Waals surface area (Å²) in [5.41, 5.74) is 0.889. The maximum atomic E-state index is 13.0. The molecular formula is C20H15FN4O5S. The van der Waals surface area contributed by atoms with Gasteiger partial charge in [0, 0.05) is 11.3 Å². The maximum absolute atomic E-state index is 13.0. The Labute approximate surface area is 175 Å². The number of hydrogen-bond donors (Lipinski definition) is 2. The van der Waals surface area contributed by atoms with Crippen molar-refractivity contribution in [1.82, 2.24) is 15.5 Å². The van der Waals surface area contributed by atoms with Gasteiger partial charge >= 0.3 is 0 Å². The van der Waals surface area contributed by atoms with Crippen molar-refractivity contribution in [1.29, 1.82) is 0 Å². The fraction of sp³-hybridized carbons (Fsp3) is 0.0500. The van der Waals surface area contributed by atoms with E-state index in [0.29, 0.717) is 11.3 Å². The number of aromatic nitrogens is 2. The number of rotatable bonds is 7. The molecule has 2 heterocycles. The van der Waals surface area contributed by atoms with Crippen LogP contribution in [0.25, 0.3) is 11.4 Å². The standard InChI is InChI=1S/C20H15FN4O5S/c21-14-5-9-16(10-6-14)31(27,28)25-15-7-3-13(4-8-15)19-23-18(30-24-19)12-22-20(26)17-2-1-11-29-17/h1-11,25H,12H2,(H,22,26). The van der Waals surface area contributed by atoms with Crippen LogP contribution in [-0.2, 0) is 16.6 Å². The third kappa shape index (κ3) is 4.78. The van der Waals surface area contributed by atoms with E-state index in [4.69, 9.17) is 8.94 Å². The quantitative estimate of drug-likeness (QED) is 0.450. The second-order valence-corrected chi connectivity index (χ2v) is 7.99. The van der Waals surface area contributed by atoms with Gasteiger partial charge in [0.05, 0.1) is 17.7 Å². The van der Waals surface area contributed by atoms with Gasteiger partial charge in [-0.05, 0) is 60.7 Å². The molecule has 0 aliphatic rings. The van der Waals surface area contributed by atoms with Gasteiger partial charge in [0.15, 0.2) is 5.76 Å². The molecule has 4 rings (SSSR count). The van der Waals surface area contributed by atoms with Crippen LogP contribution in [0.3, 0.4) is 0 Å². The number of carbonyl (C=O) groups excluding carboxylic acids is 1. The van der Waals surface area contributed by atoms with Gasteiger partial charge in [0.2, 0.25) is 11.7 Å². The lowest BCUT2D eigenvalue weighted by Crippen LogP contribution is -2.22. The molecule has 0 saturated carbocycles. The lowest BCUT2D eigenvalue weighted by Gasteiger charge is -2.08. The van der Waals surface area contributed by atoms with E-state index in [1.165, 1.54) is 36.6 Å². The molecule has 11 heteroatoms. The minimum atomic E-state index is -3.85. The van der Waals surface area contributed by atoms with Crippen LogP contribution in [0, 0.1) is 5.82 Å². The number of furan rings is 1. The maximum Gasteiger partial charge on any atom is 0.287 e. The van der Waals surface area contributed by atoms with E-state index in [1.807, 2.05) is 0 Å². The second kappa shape index (κ2) is 8.40. The molecule has 0 bridgehead atoms. The molecule has 1 amide bonds. The molecule has 0 unspecified atom stereocenters. The second-order valence-electron chi connectivity index (χ2n) is 6.31. The zero-order valence-corrected chi connectivity index (χ0v) is 16.6. The number of nitrogens with zero attached hydrogens (tertiary/aromatic N) is 2. The molecule has 4 aromatic rings. The van der Waals surface area contributed by atoms with Gasteiger partial charge in [-0.1, -0.05) is 5.16 Å². The molecule has 2 N–H and O–H groups in total. The largest absolute Gasteiger partial charge is 0.459 e. The van der Waals surface area contributed by atoms with Crippen molar-refractivity contribution >= 4 is 21.6 Å². The van der Waals surface area contributed by atoms with Crippen molar-refractivity contribution in [3.8, 4) is 11.4 Å². The van der Waals surface area contributed by atoms with E-state index < -0.39 is 21.7 Å². The molecule has 158 valence electrons. The summed E-state index contributed by atoms with van der Waals surface area (Å²) in [5.74, 6) is -0.310. The molecule has 0 aliphatic carbocycles. The number of anilines is 1. The highest BCUT2D eigenvalue weighted by atomic mass is 32.2. The first-order valence-electron chi connectivity index (χ1n) is 8.94. The molecule has 9 nitrogen and oxygen atoms in total. The Bertz CT molecular complexity index is 1280. The molecule has 2 aromatic carbocycles. The van der Waals surface area contributed by atoms with Gasteiger partial charge in [-0.2, -0.15) is 4.98 Å². The summed E-state index contributed by atoms with van der Waals surface area (Å²) in [7, 11) is -3.85. The summed E-state index contributed by atoms with van der Waals surface area (Å²) >= 11 is 0. The SMILES string of the molecule is O=C(NCc1nc(-c2ccc(NS(=O)(=O)c3ccc(F)cc3)cc2)no1)c1ccco1. The zero-order valence-electron chi connectivity index (χ0n) is 15.8. The molecule has 2 aromatic heterocycles. The Hall–Kier alpha value is -3.99. The Kier molecular flexibility index (Phi) is 5.50. The van der Waals surface area contributed by atoms with Crippen LogP contribution < -0.4 is 10.0 Å². The predicted molar refractivity (Wildman–Crippen MR) is 107 cm³/mol. The first kappa shape index (κ1) is 20.3. The molecule has 0 aliphatic heterocycles. The van der Waals surface area contributed by atoms with Gasteiger partial charge in [-0.3, -0.25) is 9.52 Å². The van der Waals surface area contributed by atoms with E-state index in [0.717, 1.165) is 12.1 Å². The van der Waals surface area contributed by atoms with Crippen LogP contribution in [0.1, 0.15) is 16.4 Å². The van der Waals surface area contributed by atoms with E-state index >= 15 is 0 Å². The van der Waals surface area contributed by atoms with Crippen LogP contribution in [0.15, 0.2) is 80.8 Å². The summed E-state index contributed by atoms with van der Waals surface area (Å²) in [6, 6.07) is 13.9. The topological polar surface area (TPSA) is 127 Å². The number of amides is 1. The first-order valence-corrected chi connectivity index (χ1v) is 10.4. The average Bonchev–Trinajstić information content (AvgIpc) is 3.45. The molecule has 0 atom stereocenters. The van der Waals surface area contributed by atoms with Gasteiger partial charge in [-0.15, -0.1) is 0 Å². The fourth-order valence-electron chi connectivity index (χ4n) is 2.61. The van der Waals surface area contributed by atoms with Crippen molar-refractivity contribution in [2.75, 3.05) is 4.72 Å². The molecule has 0 fully saturated rings. The summed E-state index contributed by atoms with van der Waals surface area (Å²) in [5, 5.41) is 6.44. The summed E-state index contributed by atoms with van der Waals surface area (Å²) < 4.78 is 50.3. The van der Waals surface area contributed by atoms with Crippen LogP contribution in [0.2, 0.25) is 0 Å². The monoisotopic (exact) mass is 442 g/mol. The van der Waals surface area contributed by atoms with E-state index in [9.17, 15) is 17.6 Å². The minimum absolute atomic E-state index is 0.0160. The first-order chi connectivity index (χ1) is 14.9. The average molecular weight is 442 g/mol. The number of nitrogens with one attached hydrogen (secondary N) is 2. The Balaban J connectivity index is 1.40. The van der Waals surface area contributed by atoms with Crippen molar-refractivity contribution in [2.45, 2.75) is 11.4 Å². The number of benzene rings is 2. The lowest BCUT2D eigenvalue weighted by molar-refractivity contribution is 0.0918. The Morgan fingerprint density at radius 1 is 1.03 bits per heavy atom.